The van der Waals surface area contributed by atoms with Gasteiger partial charge in [-0.05, 0) is 41.3 Å². The molecule has 36 heavy (non-hydrogen) atoms. The van der Waals surface area contributed by atoms with Crippen LogP contribution in [0, 0.1) is 0 Å². The first kappa shape index (κ1) is 19.7. The quantitative estimate of drug-likeness (QED) is 0.249. The summed E-state index contributed by atoms with van der Waals surface area (Å²) in [6, 6.07) is 36.5. The van der Waals surface area contributed by atoms with Crippen molar-refractivity contribution in [2.24, 2.45) is 0 Å². The minimum Gasteiger partial charge on any atom is -0.292 e. The fourth-order valence-electron chi connectivity index (χ4n) is 5.33. The van der Waals surface area contributed by atoms with Gasteiger partial charge in [-0.25, -0.2) is 4.98 Å². The van der Waals surface area contributed by atoms with Gasteiger partial charge in [0.15, 0.2) is 0 Å². The molecule has 0 aliphatic rings. The van der Waals surface area contributed by atoms with Crippen LogP contribution in [-0.4, -0.2) is 14.5 Å². The Bertz CT molecular complexity index is 2100. The summed E-state index contributed by atoms with van der Waals surface area (Å²) in [5.41, 5.74) is 5.44. The first-order chi connectivity index (χ1) is 17.8. The summed E-state index contributed by atoms with van der Waals surface area (Å²) < 4.78 is 4.86. The van der Waals surface area contributed by atoms with E-state index >= 15 is 0 Å². The molecule has 0 saturated carbocycles. The molecule has 0 amide bonds. The average molecular weight is 478 g/mol. The Balaban J connectivity index is 1.51. The van der Waals surface area contributed by atoms with Crippen molar-refractivity contribution in [2.45, 2.75) is 0 Å². The van der Waals surface area contributed by atoms with E-state index in [0.717, 1.165) is 44.3 Å². The lowest BCUT2D eigenvalue weighted by Gasteiger charge is -2.09. The number of nitrogens with zero attached hydrogens (tertiary/aromatic N) is 3. The molecule has 4 aromatic carbocycles. The number of rotatable bonds is 2. The van der Waals surface area contributed by atoms with Gasteiger partial charge in [-0.15, -0.1) is 11.3 Å². The van der Waals surface area contributed by atoms with Crippen LogP contribution in [0.4, 0.5) is 0 Å². The van der Waals surface area contributed by atoms with Gasteiger partial charge in [0.2, 0.25) is 0 Å². The Morgan fingerprint density at radius 3 is 2.25 bits per heavy atom. The maximum absolute atomic E-state index is 5.02. The van der Waals surface area contributed by atoms with Crippen LogP contribution in [-0.2, 0) is 0 Å². The van der Waals surface area contributed by atoms with Gasteiger partial charge in [-0.2, -0.15) is 0 Å². The molecule has 0 N–H and O–H groups in total. The Morgan fingerprint density at radius 2 is 1.33 bits per heavy atom. The molecule has 4 heterocycles. The van der Waals surface area contributed by atoms with Crippen molar-refractivity contribution in [3.05, 3.63) is 116 Å². The molecular formula is C32H19N3S. The van der Waals surface area contributed by atoms with Crippen LogP contribution in [0.5, 0.6) is 0 Å². The van der Waals surface area contributed by atoms with Gasteiger partial charge in [0.25, 0.3) is 0 Å². The summed E-state index contributed by atoms with van der Waals surface area (Å²) in [7, 11) is 0. The van der Waals surface area contributed by atoms with E-state index in [-0.39, 0.29) is 0 Å². The number of pyridine rings is 2. The third kappa shape index (κ3) is 2.85. The van der Waals surface area contributed by atoms with Crippen molar-refractivity contribution in [1.29, 1.82) is 0 Å². The molecule has 3 nitrogen and oxygen atoms in total. The number of thiophene rings is 1. The minimum absolute atomic E-state index is 0.904. The fourth-order valence-corrected chi connectivity index (χ4v) is 6.45. The van der Waals surface area contributed by atoms with Crippen molar-refractivity contribution in [3.8, 4) is 16.9 Å². The van der Waals surface area contributed by atoms with Gasteiger partial charge in [0, 0.05) is 48.9 Å². The van der Waals surface area contributed by atoms with Crippen LogP contribution in [0.15, 0.2) is 116 Å². The summed E-state index contributed by atoms with van der Waals surface area (Å²) in [6.07, 6.45) is 3.96. The summed E-state index contributed by atoms with van der Waals surface area (Å²) in [4.78, 5) is 9.93. The molecule has 8 rings (SSSR count). The van der Waals surface area contributed by atoms with E-state index in [1.54, 1.807) is 0 Å². The summed E-state index contributed by atoms with van der Waals surface area (Å²) >= 11 is 1.84. The first-order valence-electron chi connectivity index (χ1n) is 12.0. The van der Waals surface area contributed by atoms with E-state index in [0.29, 0.717) is 0 Å². The molecule has 0 fully saturated rings. The second-order valence-electron chi connectivity index (χ2n) is 9.15. The molecule has 0 aliphatic carbocycles. The molecule has 0 aliphatic heterocycles. The molecule has 0 spiro atoms. The maximum Gasteiger partial charge on any atom is 0.138 e. The zero-order valence-corrected chi connectivity index (χ0v) is 20.0. The Labute approximate surface area is 210 Å². The highest BCUT2D eigenvalue weighted by Crippen LogP contribution is 2.40. The Morgan fingerprint density at radius 1 is 0.528 bits per heavy atom. The normalized spacial score (nSPS) is 11.9. The van der Waals surface area contributed by atoms with Crippen LogP contribution < -0.4 is 0 Å². The smallest absolute Gasteiger partial charge is 0.138 e. The van der Waals surface area contributed by atoms with Gasteiger partial charge in [0.05, 0.1) is 16.6 Å². The molecular weight excluding hydrogens is 458 g/mol. The lowest BCUT2D eigenvalue weighted by atomic mass is 10.1. The van der Waals surface area contributed by atoms with E-state index in [2.05, 4.69) is 102 Å². The molecule has 0 unspecified atom stereocenters. The van der Waals surface area contributed by atoms with Gasteiger partial charge in [-0.3, -0.25) is 9.55 Å². The van der Waals surface area contributed by atoms with Gasteiger partial charge in [-0.1, -0.05) is 72.8 Å². The standard InChI is InChI=1S/C32H19N3S/c1-2-8-20(9-3-1)23-14-28-32(34-19-23)26-16-25-24-12-6-7-13-29(24)36-30(25)17-27(26)35(28)31-15-21-10-4-5-11-22(21)18-33-31/h1-19H. The van der Waals surface area contributed by atoms with Crippen molar-refractivity contribution in [3.63, 3.8) is 0 Å². The highest BCUT2D eigenvalue weighted by atomic mass is 32.1. The number of hydrogen-bond donors (Lipinski definition) is 0. The molecule has 168 valence electrons. The highest BCUT2D eigenvalue weighted by molar-refractivity contribution is 7.25. The zero-order chi connectivity index (χ0) is 23.6. The average Bonchev–Trinajstić information content (AvgIpc) is 3.46. The number of hydrogen-bond acceptors (Lipinski definition) is 3. The molecule has 8 aromatic rings. The summed E-state index contributed by atoms with van der Waals surface area (Å²) in [5.74, 6) is 0.904. The highest BCUT2D eigenvalue weighted by Gasteiger charge is 2.18. The molecule has 0 radical (unpaired) electrons. The predicted octanol–water partition coefficient (Wildman–Crippen LogP) is 8.76. The molecule has 4 heteroatoms. The predicted molar refractivity (Wildman–Crippen MR) is 152 cm³/mol. The largest absolute Gasteiger partial charge is 0.292 e. The number of benzene rings is 4. The SMILES string of the molecule is c1ccc(-c2cnc3c4cc5c(cc4n(-c4cc6ccccc6cn4)c3c2)sc2ccccc25)cc1. The summed E-state index contributed by atoms with van der Waals surface area (Å²) in [6.45, 7) is 0. The Kier molecular flexibility index (Phi) is 4.10. The van der Waals surface area contributed by atoms with Crippen LogP contribution >= 0.6 is 11.3 Å². The van der Waals surface area contributed by atoms with E-state index in [1.165, 1.54) is 25.6 Å². The maximum atomic E-state index is 5.02. The molecule has 4 aromatic heterocycles. The van der Waals surface area contributed by atoms with E-state index in [1.807, 2.05) is 29.8 Å². The van der Waals surface area contributed by atoms with Crippen molar-refractivity contribution in [1.82, 2.24) is 14.5 Å². The topological polar surface area (TPSA) is 30.7 Å². The van der Waals surface area contributed by atoms with Crippen LogP contribution in [0.3, 0.4) is 0 Å². The van der Waals surface area contributed by atoms with Gasteiger partial charge >= 0.3 is 0 Å². The second kappa shape index (κ2) is 7.48. The molecule has 0 saturated heterocycles. The van der Waals surface area contributed by atoms with Gasteiger partial charge < -0.3 is 0 Å². The van der Waals surface area contributed by atoms with Gasteiger partial charge in [0.1, 0.15) is 5.82 Å². The van der Waals surface area contributed by atoms with E-state index < -0.39 is 0 Å². The first-order valence-corrected chi connectivity index (χ1v) is 12.8. The third-order valence-electron chi connectivity index (χ3n) is 7.05. The Hall–Kier alpha value is -4.54. The second-order valence-corrected chi connectivity index (χ2v) is 10.2. The van der Waals surface area contributed by atoms with Crippen molar-refractivity contribution >= 4 is 64.2 Å². The van der Waals surface area contributed by atoms with E-state index in [4.69, 9.17) is 9.97 Å². The summed E-state index contributed by atoms with van der Waals surface area (Å²) in [5, 5.41) is 6.04. The minimum atomic E-state index is 0.904. The van der Waals surface area contributed by atoms with Crippen LogP contribution in [0.25, 0.3) is 69.8 Å². The molecule has 0 bridgehead atoms. The fraction of sp³-hybridized carbons (Fsp3) is 0. The van der Waals surface area contributed by atoms with Crippen molar-refractivity contribution in [2.75, 3.05) is 0 Å². The van der Waals surface area contributed by atoms with Crippen LogP contribution in [0.2, 0.25) is 0 Å². The number of aromatic nitrogens is 3. The number of fused-ring (bicyclic) bond motifs is 7. The van der Waals surface area contributed by atoms with E-state index in [9.17, 15) is 0 Å². The lowest BCUT2D eigenvalue weighted by molar-refractivity contribution is 1.09. The monoisotopic (exact) mass is 477 g/mol. The lowest BCUT2D eigenvalue weighted by Crippen LogP contribution is -1.97. The third-order valence-corrected chi connectivity index (χ3v) is 8.19. The van der Waals surface area contributed by atoms with Crippen molar-refractivity contribution < 1.29 is 0 Å². The van der Waals surface area contributed by atoms with Crippen LogP contribution in [0.1, 0.15) is 0 Å². The zero-order valence-electron chi connectivity index (χ0n) is 19.2. The molecule has 0 atom stereocenters.